The van der Waals surface area contributed by atoms with E-state index in [1.54, 1.807) is 0 Å². The Labute approximate surface area is 96.7 Å². The molecule has 2 rings (SSSR count). The highest BCUT2D eigenvalue weighted by atomic mass is 79.9. The van der Waals surface area contributed by atoms with E-state index in [0.29, 0.717) is 0 Å². The van der Waals surface area contributed by atoms with Crippen LogP contribution in [-0.4, -0.2) is 12.5 Å². The van der Waals surface area contributed by atoms with Crippen molar-refractivity contribution in [3.8, 4) is 5.75 Å². The van der Waals surface area contributed by atoms with E-state index in [1.165, 1.54) is 0 Å². The van der Waals surface area contributed by atoms with E-state index < -0.39 is 17.6 Å². The van der Waals surface area contributed by atoms with E-state index in [-0.39, 0.29) is 22.5 Å². The molecule has 1 N–H and O–H groups in total. The van der Waals surface area contributed by atoms with Gasteiger partial charge < -0.3 is 10.1 Å². The third kappa shape index (κ3) is 1.99. The fourth-order valence-electron chi connectivity index (χ4n) is 1.32. The fraction of sp³-hybridized carbons (Fsp3) is 0.222. The summed E-state index contributed by atoms with van der Waals surface area (Å²) in [7, 11) is 0. The second-order valence-corrected chi connectivity index (χ2v) is 4.02. The number of nitrogens with one attached hydrogen (secondary N) is 1. The zero-order valence-electron chi connectivity index (χ0n) is 7.69. The first-order valence-corrected chi connectivity index (χ1v) is 5.00. The van der Waals surface area contributed by atoms with Crippen LogP contribution in [0.3, 0.4) is 0 Å². The molecular weight excluding hydrogens is 291 g/mol. The van der Waals surface area contributed by atoms with Crippen LogP contribution in [0.25, 0.3) is 0 Å². The molecule has 1 aromatic rings. The molecule has 86 valence electrons. The maximum atomic E-state index is 12.5. The van der Waals surface area contributed by atoms with Crippen LogP contribution in [0.15, 0.2) is 16.6 Å². The number of rotatable bonds is 0. The van der Waals surface area contributed by atoms with E-state index in [0.717, 1.165) is 12.1 Å². The minimum Gasteiger partial charge on any atom is -0.480 e. The lowest BCUT2D eigenvalue weighted by Crippen LogP contribution is -2.26. The zero-order chi connectivity index (χ0) is 11.9. The molecule has 0 saturated carbocycles. The van der Waals surface area contributed by atoms with E-state index in [2.05, 4.69) is 21.2 Å². The van der Waals surface area contributed by atoms with Gasteiger partial charge in [-0.3, -0.25) is 4.79 Å². The summed E-state index contributed by atoms with van der Waals surface area (Å²) in [5, 5.41) is 2.32. The molecule has 1 amide bonds. The summed E-state index contributed by atoms with van der Waals surface area (Å²) in [6.07, 6.45) is -4.46. The summed E-state index contributed by atoms with van der Waals surface area (Å²) < 4.78 is 42.6. The highest BCUT2D eigenvalue weighted by Crippen LogP contribution is 2.41. The van der Waals surface area contributed by atoms with Crippen molar-refractivity contribution in [2.45, 2.75) is 6.18 Å². The zero-order valence-corrected chi connectivity index (χ0v) is 9.28. The first-order chi connectivity index (χ1) is 7.38. The highest BCUT2D eigenvalue weighted by Gasteiger charge is 2.33. The molecule has 0 fully saturated rings. The maximum absolute atomic E-state index is 12.5. The Morgan fingerprint density at radius 1 is 1.38 bits per heavy atom. The molecule has 0 unspecified atom stereocenters. The van der Waals surface area contributed by atoms with Crippen LogP contribution in [0.5, 0.6) is 5.75 Å². The van der Waals surface area contributed by atoms with Crippen molar-refractivity contribution in [3.05, 3.63) is 22.2 Å². The predicted molar refractivity (Wildman–Crippen MR) is 53.3 cm³/mol. The highest BCUT2D eigenvalue weighted by molar-refractivity contribution is 9.10. The number of amides is 1. The van der Waals surface area contributed by atoms with Crippen molar-refractivity contribution in [2.24, 2.45) is 0 Å². The van der Waals surface area contributed by atoms with Crippen LogP contribution in [-0.2, 0) is 11.0 Å². The Kier molecular flexibility index (Phi) is 2.57. The fourth-order valence-corrected chi connectivity index (χ4v) is 1.90. The molecule has 1 aliphatic heterocycles. The summed E-state index contributed by atoms with van der Waals surface area (Å²) in [4.78, 5) is 11.0. The van der Waals surface area contributed by atoms with Gasteiger partial charge in [-0.1, -0.05) is 0 Å². The van der Waals surface area contributed by atoms with Gasteiger partial charge in [0.05, 0.1) is 15.7 Å². The number of benzene rings is 1. The molecular formula is C9H5BrF3NO2. The molecule has 1 heterocycles. The number of anilines is 1. The van der Waals surface area contributed by atoms with Gasteiger partial charge in [0.1, 0.15) is 0 Å². The standard InChI is InChI=1S/C9H5BrF3NO2/c10-5-1-4(9(11,12)13)2-6-8(5)16-3-7(15)14-6/h1-2H,3H2,(H,14,15). The average Bonchev–Trinajstić information content (AvgIpc) is 2.15. The minimum absolute atomic E-state index is 0.0259. The Hall–Kier alpha value is -1.24. The summed E-state index contributed by atoms with van der Waals surface area (Å²) >= 11 is 2.97. The van der Waals surface area contributed by atoms with Gasteiger partial charge in [0.15, 0.2) is 12.4 Å². The van der Waals surface area contributed by atoms with Gasteiger partial charge >= 0.3 is 6.18 Å². The van der Waals surface area contributed by atoms with Gasteiger partial charge in [0.2, 0.25) is 0 Å². The van der Waals surface area contributed by atoms with E-state index in [1.807, 2.05) is 0 Å². The number of hydrogen-bond acceptors (Lipinski definition) is 2. The third-order valence-corrected chi connectivity index (χ3v) is 2.58. The molecule has 0 atom stereocenters. The topological polar surface area (TPSA) is 38.3 Å². The SMILES string of the molecule is O=C1COc2c(Br)cc(C(F)(F)F)cc2N1. The number of alkyl halides is 3. The molecule has 0 spiro atoms. The third-order valence-electron chi connectivity index (χ3n) is 1.99. The number of carbonyl (C=O) groups is 1. The quantitative estimate of drug-likeness (QED) is 0.799. The van der Waals surface area contributed by atoms with Crippen LogP contribution in [0, 0.1) is 0 Å². The molecule has 0 aliphatic carbocycles. The lowest BCUT2D eigenvalue weighted by atomic mass is 10.1. The number of fused-ring (bicyclic) bond motifs is 1. The van der Waals surface area contributed by atoms with Crippen molar-refractivity contribution in [1.29, 1.82) is 0 Å². The average molecular weight is 296 g/mol. The van der Waals surface area contributed by atoms with Crippen LogP contribution in [0.2, 0.25) is 0 Å². The molecule has 0 radical (unpaired) electrons. The van der Waals surface area contributed by atoms with E-state index in [4.69, 9.17) is 4.74 Å². The molecule has 0 aromatic heterocycles. The largest absolute Gasteiger partial charge is 0.480 e. The lowest BCUT2D eigenvalue weighted by Gasteiger charge is -2.20. The number of carbonyl (C=O) groups excluding carboxylic acids is 1. The van der Waals surface area contributed by atoms with Gasteiger partial charge in [0.25, 0.3) is 5.91 Å². The van der Waals surface area contributed by atoms with Crippen molar-refractivity contribution in [3.63, 3.8) is 0 Å². The molecule has 3 nitrogen and oxygen atoms in total. The maximum Gasteiger partial charge on any atom is 0.416 e. The van der Waals surface area contributed by atoms with Gasteiger partial charge in [-0.25, -0.2) is 0 Å². The Morgan fingerprint density at radius 2 is 2.06 bits per heavy atom. The predicted octanol–water partition coefficient (Wildman–Crippen LogP) is 2.80. The molecule has 1 aliphatic rings. The van der Waals surface area contributed by atoms with Gasteiger partial charge in [-0.15, -0.1) is 0 Å². The Balaban J connectivity index is 2.52. The van der Waals surface area contributed by atoms with Crippen LogP contribution in [0.1, 0.15) is 5.56 Å². The summed E-state index contributed by atoms with van der Waals surface area (Å²) in [5.41, 5.74) is -0.818. The second-order valence-electron chi connectivity index (χ2n) is 3.17. The van der Waals surface area contributed by atoms with Gasteiger partial charge in [-0.05, 0) is 28.1 Å². The second kappa shape index (κ2) is 3.65. The normalized spacial score (nSPS) is 15.1. The van der Waals surface area contributed by atoms with E-state index in [9.17, 15) is 18.0 Å². The van der Waals surface area contributed by atoms with Crippen molar-refractivity contribution >= 4 is 27.5 Å². The molecule has 16 heavy (non-hydrogen) atoms. The monoisotopic (exact) mass is 295 g/mol. The molecule has 0 saturated heterocycles. The summed E-state index contributed by atoms with van der Waals surface area (Å²) in [6, 6.07) is 1.76. The Morgan fingerprint density at radius 3 is 2.69 bits per heavy atom. The van der Waals surface area contributed by atoms with Crippen LogP contribution in [0.4, 0.5) is 18.9 Å². The molecule has 1 aromatic carbocycles. The first-order valence-electron chi connectivity index (χ1n) is 4.21. The Bertz CT molecular complexity index is 459. The van der Waals surface area contributed by atoms with Crippen molar-refractivity contribution in [1.82, 2.24) is 0 Å². The van der Waals surface area contributed by atoms with Crippen molar-refractivity contribution < 1.29 is 22.7 Å². The number of hydrogen-bond donors (Lipinski definition) is 1. The number of halogens is 4. The lowest BCUT2D eigenvalue weighted by molar-refractivity contribution is -0.137. The molecule has 0 bridgehead atoms. The van der Waals surface area contributed by atoms with Gasteiger partial charge in [-0.2, -0.15) is 13.2 Å². The van der Waals surface area contributed by atoms with E-state index >= 15 is 0 Å². The summed E-state index contributed by atoms with van der Waals surface area (Å²) in [5.74, 6) is -0.258. The summed E-state index contributed by atoms with van der Waals surface area (Å²) in [6.45, 7) is -0.197. The first kappa shape index (κ1) is 11.3. The molecule has 7 heteroatoms. The smallest absolute Gasteiger partial charge is 0.416 e. The minimum atomic E-state index is -4.46. The van der Waals surface area contributed by atoms with Gasteiger partial charge in [0, 0.05) is 0 Å². The number of ether oxygens (including phenoxy) is 1. The van der Waals surface area contributed by atoms with Crippen LogP contribution < -0.4 is 10.1 Å². The van der Waals surface area contributed by atoms with Crippen molar-refractivity contribution in [2.75, 3.05) is 11.9 Å². The van der Waals surface area contributed by atoms with Crippen LogP contribution >= 0.6 is 15.9 Å².